The molecule has 2 atom stereocenters. The van der Waals surface area contributed by atoms with Crippen LogP contribution in [-0.4, -0.2) is 141 Å². The summed E-state index contributed by atoms with van der Waals surface area (Å²) >= 11 is 0. The highest BCUT2D eigenvalue weighted by Gasteiger charge is 2.18. The van der Waals surface area contributed by atoms with Gasteiger partial charge in [0, 0.05) is 53.6 Å². The first-order valence-electron chi connectivity index (χ1n) is 13.3. The quantitative estimate of drug-likeness (QED) is 0.0415. The molecule has 42 heavy (non-hydrogen) atoms. The third-order valence-electron chi connectivity index (χ3n) is 4.70. The molecular weight excluding hydrogens is 589 g/mol. The van der Waals surface area contributed by atoms with Crippen molar-refractivity contribution in [3.05, 3.63) is 0 Å². The van der Waals surface area contributed by atoms with E-state index in [1.165, 1.54) is 7.11 Å². The molecule has 5 N–H and O–H groups in total. The average molecular weight is 636 g/mol. The van der Waals surface area contributed by atoms with E-state index in [2.05, 4.69) is 25.0 Å². The Kier molecular flexibility index (Phi) is 26.3. The minimum atomic E-state index is -4.04. The van der Waals surface area contributed by atoms with Crippen molar-refractivity contribution in [3.8, 4) is 0 Å². The van der Waals surface area contributed by atoms with Crippen LogP contribution in [0, 0.1) is 0 Å². The van der Waals surface area contributed by atoms with Crippen molar-refractivity contribution in [2.75, 3.05) is 107 Å². The number of methoxy groups -OCH3 is 1. The van der Waals surface area contributed by atoms with E-state index >= 15 is 0 Å². The van der Waals surface area contributed by atoms with Crippen LogP contribution < -0.4 is 16.0 Å². The molecule has 0 rings (SSSR count). The molecule has 2 unspecified atom stereocenters. The molecule has 0 aromatic heterocycles. The molecule has 0 radical (unpaired) electrons. The summed E-state index contributed by atoms with van der Waals surface area (Å²) in [6.45, 7) is 1.34. The molecule has 0 aliphatic carbocycles. The first kappa shape index (κ1) is 39.9. The third-order valence-corrected chi connectivity index (χ3v) is 5.67. The van der Waals surface area contributed by atoms with E-state index in [1.807, 2.05) is 0 Å². The Bertz CT molecular complexity index is 750. The minimum Gasteiger partial charge on any atom is -0.447 e. The summed E-state index contributed by atoms with van der Waals surface area (Å²) < 4.78 is 56.2. The number of hydrogen-bond acceptors (Lipinski definition) is 14. The zero-order chi connectivity index (χ0) is 31.3. The number of carbonyl (C=O) groups is 3. The van der Waals surface area contributed by atoms with Crippen molar-refractivity contribution in [1.82, 2.24) is 16.0 Å². The number of alkyl carbamates (subject to hydrolysis) is 2. The zero-order valence-electron chi connectivity index (χ0n) is 24.2. The number of rotatable bonds is 28. The van der Waals surface area contributed by atoms with Crippen molar-refractivity contribution in [1.29, 1.82) is 0 Å². The second kappa shape index (κ2) is 27.7. The van der Waals surface area contributed by atoms with Gasteiger partial charge in [0.05, 0.1) is 39.6 Å². The van der Waals surface area contributed by atoms with Gasteiger partial charge in [-0.25, -0.2) is 14.2 Å². The maximum atomic E-state index is 12.0. The predicted octanol–water partition coefficient (Wildman–Crippen LogP) is -0.480. The van der Waals surface area contributed by atoms with E-state index in [1.54, 1.807) is 0 Å². The standard InChI is InChI=1S/C23H46N3O15P/c1-33-13-14-37-19-26-23(30)40-18-20(17-39-22(29)25-7-12-35-9-4-8-27)38-10-3-5-21(28)24-6-11-36-15-16-41-42(31,32)34-2/h20,27H,3-19H2,1-2H3,(H,24,28)(H,25,29)(H,26,30)(H,31,32). The Morgan fingerprint density at radius 2 is 1.40 bits per heavy atom. The molecule has 3 amide bonds. The Labute approximate surface area is 245 Å². The highest BCUT2D eigenvalue weighted by atomic mass is 31.2. The monoisotopic (exact) mass is 635 g/mol. The highest BCUT2D eigenvalue weighted by molar-refractivity contribution is 7.47. The zero-order valence-corrected chi connectivity index (χ0v) is 25.1. The van der Waals surface area contributed by atoms with Gasteiger partial charge in [0.25, 0.3) is 0 Å². The van der Waals surface area contributed by atoms with Crippen LogP contribution in [0.2, 0.25) is 0 Å². The summed E-state index contributed by atoms with van der Waals surface area (Å²) in [4.78, 5) is 44.9. The van der Waals surface area contributed by atoms with E-state index in [0.29, 0.717) is 26.1 Å². The van der Waals surface area contributed by atoms with Gasteiger partial charge in [-0.05, 0) is 12.8 Å². The summed E-state index contributed by atoms with van der Waals surface area (Å²) in [5.74, 6) is -0.254. The van der Waals surface area contributed by atoms with E-state index in [0.717, 1.165) is 7.11 Å². The molecule has 0 saturated carbocycles. The van der Waals surface area contributed by atoms with Gasteiger partial charge < -0.3 is 53.8 Å². The van der Waals surface area contributed by atoms with Gasteiger partial charge in [-0.3, -0.25) is 19.2 Å². The fourth-order valence-electron chi connectivity index (χ4n) is 2.60. The van der Waals surface area contributed by atoms with Crippen LogP contribution in [-0.2, 0) is 51.6 Å². The summed E-state index contributed by atoms with van der Waals surface area (Å²) in [7, 11) is -1.47. The molecule has 19 heteroatoms. The van der Waals surface area contributed by atoms with Crippen LogP contribution in [0.1, 0.15) is 19.3 Å². The number of ether oxygens (including phenoxy) is 7. The van der Waals surface area contributed by atoms with E-state index in [4.69, 9.17) is 43.2 Å². The fraction of sp³-hybridized carbons (Fsp3) is 0.870. The maximum absolute atomic E-state index is 12.0. The van der Waals surface area contributed by atoms with E-state index < -0.39 is 26.1 Å². The molecule has 0 fully saturated rings. The van der Waals surface area contributed by atoms with Crippen molar-refractivity contribution < 1.29 is 71.2 Å². The van der Waals surface area contributed by atoms with Crippen molar-refractivity contribution in [2.24, 2.45) is 0 Å². The van der Waals surface area contributed by atoms with Gasteiger partial charge in [0.1, 0.15) is 26.0 Å². The van der Waals surface area contributed by atoms with Crippen LogP contribution in [0.3, 0.4) is 0 Å². The Balaban J connectivity index is 4.29. The van der Waals surface area contributed by atoms with Crippen molar-refractivity contribution in [2.45, 2.75) is 25.4 Å². The third kappa shape index (κ3) is 26.8. The van der Waals surface area contributed by atoms with E-state index in [-0.39, 0.29) is 91.6 Å². The van der Waals surface area contributed by atoms with E-state index in [9.17, 15) is 18.9 Å². The highest BCUT2D eigenvalue weighted by Crippen LogP contribution is 2.41. The first-order valence-corrected chi connectivity index (χ1v) is 14.8. The van der Waals surface area contributed by atoms with Gasteiger partial charge in [0.2, 0.25) is 5.91 Å². The van der Waals surface area contributed by atoms with Crippen LogP contribution in [0.15, 0.2) is 0 Å². The van der Waals surface area contributed by atoms with Crippen LogP contribution in [0.5, 0.6) is 0 Å². The van der Waals surface area contributed by atoms with Gasteiger partial charge >= 0.3 is 20.0 Å². The summed E-state index contributed by atoms with van der Waals surface area (Å²) in [6, 6.07) is 0. The molecule has 0 heterocycles. The lowest BCUT2D eigenvalue weighted by atomic mass is 10.3. The number of amides is 3. The predicted molar refractivity (Wildman–Crippen MR) is 145 cm³/mol. The first-order chi connectivity index (χ1) is 20.2. The summed E-state index contributed by atoms with van der Waals surface area (Å²) in [5, 5.41) is 16.3. The molecule has 0 aliphatic rings. The van der Waals surface area contributed by atoms with Gasteiger partial charge in [-0.2, -0.15) is 0 Å². The normalized spacial score (nSPS) is 13.1. The Morgan fingerprint density at radius 1 is 0.762 bits per heavy atom. The number of phosphoric ester groups is 1. The lowest BCUT2D eigenvalue weighted by molar-refractivity contribution is -0.121. The number of phosphoric acid groups is 1. The molecule has 0 aliphatic heterocycles. The van der Waals surface area contributed by atoms with Gasteiger partial charge in [-0.1, -0.05) is 0 Å². The topological polar surface area (TPSA) is 228 Å². The molecule has 0 spiro atoms. The average Bonchev–Trinajstić information content (AvgIpc) is 2.97. The van der Waals surface area contributed by atoms with Gasteiger partial charge in [-0.15, -0.1) is 0 Å². The van der Waals surface area contributed by atoms with Crippen LogP contribution in [0.4, 0.5) is 9.59 Å². The number of carbonyl (C=O) groups excluding carboxylic acids is 3. The Hall–Kier alpha value is -2.12. The Morgan fingerprint density at radius 3 is 2.07 bits per heavy atom. The molecule has 18 nitrogen and oxygen atoms in total. The SMILES string of the molecule is COCCOCNC(=O)OCC(COC(=O)NCCOCCCO)OCCCC(=O)NCCOCCOP(=O)(O)OC. The number of aliphatic hydroxyl groups is 1. The van der Waals surface area contributed by atoms with Gasteiger partial charge in [0.15, 0.2) is 0 Å². The smallest absolute Gasteiger partial charge is 0.447 e. The summed E-state index contributed by atoms with van der Waals surface area (Å²) in [6.07, 6.45) is -1.32. The lowest BCUT2D eigenvalue weighted by Gasteiger charge is -2.18. The minimum absolute atomic E-state index is 0.0166. The maximum Gasteiger partial charge on any atom is 0.471 e. The second-order valence-electron chi connectivity index (χ2n) is 8.08. The largest absolute Gasteiger partial charge is 0.471 e. The lowest BCUT2D eigenvalue weighted by Crippen LogP contribution is -2.35. The fourth-order valence-corrected chi connectivity index (χ4v) is 3.01. The number of aliphatic hydroxyl groups excluding tert-OH is 1. The summed E-state index contributed by atoms with van der Waals surface area (Å²) in [5.41, 5.74) is 0. The van der Waals surface area contributed by atoms with Crippen molar-refractivity contribution in [3.63, 3.8) is 0 Å². The number of nitrogens with one attached hydrogen (secondary N) is 3. The molecule has 0 saturated heterocycles. The molecular formula is C23H46N3O15P. The molecule has 0 aromatic carbocycles. The second-order valence-corrected chi connectivity index (χ2v) is 9.64. The van der Waals surface area contributed by atoms with Crippen molar-refractivity contribution >= 4 is 25.9 Å². The number of hydrogen-bond donors (Lipinski definition) is 5. The van der Waals surface area contributed by atoms with Crippen LogP contribution in [0.25, 0.3) is 0 Å². The molecule has 248 valence electrons. The molecule has 0 bridgehead atoms. The van der Waals surface area contributed by atoms with Crippen LogP contribution >= 0.6 is 7.82 Å². The molecule has 0 aromatic rings.